The number of hydrogen-bond donors (Lipinski definition) is 2. The second kappa shape index (κ2) is 6.75. The second-order valence-electron chi connectivity index (χ2n) is 5.40. The molecular formula is C14H21BrN2O3S. The van der Waals surface area contributed by atoms with Gasteiger partial charge in [0.15, 0.2) is 0 Å². The van der Waals surface area contributed by atoms with E-state index in [1.165, 1.54) is 0 Å². The summed E-state index contributed by atoms with van der Waals surface area (Å²) in [4.78, 5) is 0.300. The number of rotatable bonds is 6. The van der Waals surface area contributed by atoms with E-state index in [4.69, 9.17) is 4.74 Å². The van der Waals surface area contributed by atoms with Crippen LogP contribution in [0.2, 0.25) is 0 Å². The molecule has 1 aliphatic rings. The maximum absolute atomic E-state index is 12.6. The highest BCUT2D eigenvalue weighted by Crippen LogP contribution is 2.30. The summed E-state index contributed by atoms with van der Waals surface area (Å²) in [6, 6.07) is 3.65. The third-order valence-electron chi connectivity index (χ3n) is 3.70. The zero-order valence-electron chi connectivity index (χ0n) is 12.4. The van der Waals surface area contributed by atoms with Crippen molar-refractivity contribution >= 4 is 26.0 Å². The van der Waals surface area contributed by atoms with Crippen molar-refractivity contribution in [2.45, 2.75) is 43.4 Å². The topological polar surface area (TPSA) is 67.4 Å². The molecule has 5 nitrogen and oxygen atoms in total. The normalized spacial score (nSPS) is 22.1. The fraction of sp³-hybridized carbons (Fsp3) is 0.571. The first-order valence-corrected chi connectivity index (χ1v) is 9.13. The molecule has 1 aromatic carbocycles. The summed E-state index contributed by atoms with van der Waals surface area (Å²) in [6.07, 6.45) is 1.61. The van der Waals surface area contributed by atoms with Crippen LogP contribution < -0.4 is 10.0 Å². The van der Waals surface area contributed by atoms with Crippen LogP contribution in [-0.2, 0) is 21.3 Å². The van der Waals surface area contributed by atoms with E-state index in [-0.39, 0.29) is 12.1 Å². The van der Waals surface area contributed by atoms with Crippen LogP contribution >= 0.6 is 15.9 Å². The van der Waals surface area contributed by atoms with Crippen LogP contribution in [-0.4, -0.2) is 34.7 Å². The molecule has 1 saturated carbocycles. The summed E-state index contributed by atoms with van der Waals surface area (Å²) in [6.45, 7) is 2.53. The number of benzene rings is 1. The molecule has 2 rings (SSSR count). The van der Waals surface area contributed by atoms with Crippen LogP contribution in [0, 0.1) is 6.92 Å². The molecule has 0 unspecified atom stereocenters. The summed E-state index contributed by atoms with van der Waals surface area (Å²) in [7, 11) is -0.0405. The van der Waals surface area contributed by atoms with E-state index in [1.54, 1.807) is 13.2 Å². The predicted molar refractivity (Wildman–Crippen MR) is 85.8 cm³/mol. The Morgan fingerprint density at radius 1 is 1.38 bits per heavy atom. The van der Waals surface area contributed by atoms with Gasteiger partial charge in [0.2, 0.25) is 10.0 Å². The summed E-state index contributed by atoms with van der Waals surface area (Å²) in [5.41, 5.74) is 1.86. The minimum absolute atomic E-state index is 0.0416. The van der Waals surface area contributed by atoms with Gasteiger partial charge in [0.25, 0.3) is 0 Å². The van der Waals surface area contributed by atoms with E-state index >= 15 is 0 Å². The molecule has 0 saturated heterocycles. The van der Waals surface area contributed by atoms with Crippen LogP contribution in [0.1, 0.15) is 24.0 Å². The Labute approximate surface area is 134 Å². The number of hydrogen-bond acceptors (Lipinski definition) is 4. The first kappa shape index (κ1) is 16.9. The molecule has 0 atom stereocenters. The number of ether oxygens (including phenoxy) is 1. The third kappa shape index (κ3) is 3.84. The Morgan fingerprint density at radius 2 is 2.05 bits per heavy atom. The predicted octanol–water partition coefficient (Wildman–Crippen LogP) is 1.93. The molecular weight excluding hydrogens is 356 g/mol. The smallest absolute Gasteiger partial charge is 0.241 e. The molecule has 0 bridgehead atoms. The summed E-state index contributed by atoms with van der Waals surface area (Å²) in [5.74, 6) is 0. The van der Waals surface area contributed by atoms with Gasteiger partial charge in [0.05, 0.1) is 11.0 Å². The van der Waals surface area contributed by atoms with E-state index in [9.17, 15) is 8.42 Å². The van der Waals surface area contributed by atoms with Crippen molar-refractivity contribution in [1.29, 1.82) is 0 Å². The molecule has 118 valence electrons. The summed E-state index contributed by atoms with van der Waals surface area (Å²) < 4.78 is 33.7. The lowest BCUT2D eigenvalue weighted by Gasteiger charge is -2.34. The molecule has 0 heterocycles. The van der Waals surface area contributed by atoms with Gasteiger partial charge < -0.3 is 10.1 Å². The summed E-state index contributed by atoms with van der Waals surface area (Å²) in [5, 5.41) is 3.04. The van der Waals surface area contributed by atoms with E-state index < -0.39 is 10.0 Å². The lowest BCUT2D eigenvalue weighted by Crippen LogP contribution is -2.47. The van der Waals surface area contributed by atoms with Crippen molar-refractivity contribution in [3.05, 3.63) is 27.7 Å². The van der Waals surface area contributed by atoms with Crippen LogP contribution in [0.5, 0.6) is 0 Å². The minimum atomic E-state index is -3.53. The SMILES string of the molecule is CNCc1cc(C)c(Br)c(S(=O)(=O)NC2CC(OC)C2)c1. The first-order valence-electron chi connectivity index (χ1n) is 6.86. The molecule has 0 amide bonds. The standard InChI is InChI=1S/C14H21BrN2O3S/c1-9-4-10(8-16-2)5-13(14(9)15)21(18,19)17-11-6-12(7-11)20-3/h4-5,11-12,16-17H,6-8H2,1-3H3. The van der Waals surface area contributed by atoms with Gasteiger partial charge in [0.1, 0.15) is 0 Å². The number of sulfonamides is 1. The molecule has 0 aromatic heterocycles. The van der Waals surface area contributed by atoms with Crippen molar-refractivity contribution in [1.82, 2.24) is 10.0 Å². The highest BCUT2D eigenvalue weighted by atomic mass is 79.9. The van der Waals surface area contributed by atoms with Gasteiger partial charge in [-0.3, -0.25) is 0 Å². The number of nitrogens with one attached hydrogen (secondary N) is 2. The maximum Gasteiger partial charge on any atom is 0.241 e. The largest absolute Gasteiger partial charge is 0.381 e. The van der Waals surface area contributed by atoms with Gasteiger partial charge in [-0.15, -0.1) is 0 Å². The van der Waals surface area contributed by atoms with Gasteiger partial charge >= 0.3 is 0 Å². The van der Waals surface area contributed by atoms with Gasteiger partial charge in [-0.1, -0.05) is 6.07 Å². The Bertz CT molecular complexity index is 613. The van der Waals surface area contributed by atoms with Crippen molar-refractivity contribution in [3.8, 4) is 0 Å². The van der Waals surface area contributed by atoms with Crippen LogP contribution in [0.25, 0.3) is 0 Å². The molecule has 0 aliphatic heterocycles. The maximum atomic E-state index is 12.6. The molecule has 21 heavy (non-hydrogen) atoms. The third-order valence-corrected chi connectivity index (χ3v) is 6.56. The lowest BCUT2D eigenvalue weighted by molar-refractivity contribution is 0.0236. The average molecular weight is 377 g/mol. The van der Waals surface area contributed by atoms with Crippen LogP contribution in [0.4, 0.5) is 0 Å². The highest BCUT2D eigenvalue weighted by Gasteiger charge is 2.33. The van der Waals surface area contributed by atoms with Gasteiger partial charge in [0, 0.05) is 24.2 Å². The van der Waals surface area contributed by atoms with Crippen molar-refractivity contribution in [2.75, 3.05) is 14.2 Å². The zero-order valence-corrected chi connectivity index (χ0v) is 14.8. The van der Waals surface area contributed by atoms with Gasteiger partial charge in [-0.2, -0.15) is 0 Å². The monoisotopic (exact) mass is 376 g/mol. The molecule has 0 radical (unpaired) electrons. The van der Waals surface area contributed by atoms with E-state index in [1.807, 2.05) is 20.0 Å². The van der Waals surface area contributed by atoms with Crippen LogP contribution in [0.15, 0.2) is 21.5 Å². The number of halogens is 1. The van der Waals surface area contributed by atoms with Crippen molar-refractivity contribution < 1.29 is 13.2 Å². The Hall–Kier alpha value is -0.470. The fourth-order valence-corrected chi connectivity index (χ4v) is 4.78. The highest BCUT2D eigenvalue weighted by molar-refractivity contribution is 9.10. The Kier molecular flexibility index (Phi) is 5.43. The number of methoxy groups -OCH3 is 1. The summed E-state index contributed by atoms with van der Waals surface area (Å²) >= 11 is 3.39. The molecule has 1 fully saturated rings. The Morgan fingerprint density at radius 3 is 2.62 bits per heavy atom. The van der Waals surface area contributed by atoms with Gasteiger partial charge in [-0.25, -0.2) is 13.1 Å². The lowest BCUT2D eigenvalue weighted by atomic mass is 9.90. The average Bonchev–Trinajstić information content (AvgIpc) is 2.37. The molecule has 1 aromatic rings. The van der Waals surface area contributed by atoms with E-state index in [0.717, 1.165) is 24.0 Å². The van der Waals surface area contributed by atoms with Gasteiger partial charge in [-0.05, 0) is 59.9 Å². The Balaban J connectivity index is 2.23. The first-order chi connectivity index (χ1) is 9.87. The zero-order chi connectivity index (χ0) is 15.6. The molecule has 1 aliphatic carbocycles. The van der Waals surface area contributed by atoms with E-state index in [2.05, 4.69) is 26.0 Å². The molecule has 7 heteroatoms. The minimum Gasteiger partial charge on any atom is -0.381 e. The van der Waals surface area contributed by atoms with Crippen LogP contribution in [0.3, 0.4) is 0 Å². The van der Waals surface area contributed by atoms with E-state index in [0.29, 0.717) is 15.9 Å². The van der Waals surface area contributed by atoms with Crippen molar-refractivity contribution in [2.24, 2.45) is 0 Å². The molecule has 0 spiro atoms. The second-order valence-corrected chi connectivity index (χ2v) is 7.88. The van der Waals surface area contributed by atoms with Crippen molar-refractivity contribution in [3.63, 3.8) is 0 Å². The quantitative estimate of drug-likeness (QED) is 0.795. The molecule has 2 N–H and O–H groups in total. The fourth-order valence-electron chi connectivity index (χ4n) is 2.45. The number of aryl methyl sites for hydroxylation is 1.